The van der Waals surface area contributed by atoms with Gasteiger partial charge in [-0.1, -0.05) is 38.4 Å². The standard InChI is InChI=1S/C14H23BO2/c1-13(2,3)10-7-11(9-12(15)8-10)14(4,16-5)17-6/h7-9H,15H2,1-6H3. The van der Waals surface area contributed by atoms with Gasteiger partial charge in [-0.3, -0.25) is 0 Å². The van der Waals surface area contributed by atoms with Gasteiger partial charge in [0.15, 0.2) is 5.79 Å². The number of rotatable bonds is 3. The van der Waals surface area contributed by atoms with Crippen LogP contribution in [0.3, 0.4) is 0 Å². The van der Waals surface area contributed by atoms with Gasteiger partial charge in [0.2, 0.25) is 0 Å². The van der Waals surface area contributed by atoms with Crippen molar-refractivity contribution in [3.8, 4) is 0 Å². The normalized spacial score (nSPS) is 12.8. The van der Waals surface area contributed by atoms with Crippen LogP contribution in [0.2, 0.25) is 0 Å². The van der Waals surface area contributed by atoms with Gasteiger partial charge in [-0.25, -0.2) is 0 Å². The molecule has 2 nitrogen and oxygen atoms in total. The van der Waals surface area contributed by atoms with E-state index in [-0.39, 0.29) is 5.41 Å². The van der Waals surface area contributed by atoms with E-state index in [1.165, 1.54) is 11.0 Å². The van der Waals surface area contributed by atoms with Gasteiger partial charge in [-0.15, -0.1) is 0 Å². The molecule has 0 aromatic heterocycles. The maximum atomic E-state index is 5.47. The Morgan fingerprint density at radius 3 is 1.76 bits per heavy atom. The Kier molecular flexibility index (Phi) is 4.05. The average Bonchev–Trinajstić information content (AvgIpc) is 2.26. The van der Waals surface area contributed by atoms with Crippen LogP contribution in [0.1, 0.15) is 38.8 Å². The van der Waals surface area contributed by atoms with Crippen molar-refractivity contribution in [2.75, 3.05) is 14.2 Å². The van der Waals surface area contributed by atoms with Gasteiger partial charge in [-0.2, -0.15) is 0 Å². The third-order valence-corrected chi connectivity index (χ3v) is 3.25. The first-order valence-corrected chi connectivity index (χ1v) is 5.96. The van der Waals surface area contributed by atoms with Gasteiger partial charge in [-0.05, 0) is 24.0 Å². The summed E-state index contributed by atoms with van der Waals surface area (Å²) in [6.45, 7) is 8.57. The summed E-state index contributed by atoms with van der Waals surface area (Å²) in [4.78, 5) is 0. The molecule has 0 fully saturated rings. The van der Waals surface area contributed by atoms with E-state index in [1.807, 2.05) is 6.92 Å². The van der Waals surface area contributed by atoms with Gasteiger partial charge in [0.25, 0.3) is 0 Å². The Morgan fingerprint density at radius 2 is 1.35 bits per heavy atom. The molecule has 0 N–H and O–H groups in total. The first-order valence-electron chi connectivity index (χ1n) is 5.96. The summed E-state index contributed by atoms with van der Waals surface area (Å²) in [5.74, 6) is -0.675. The van der Waals surface area contributed by atoms with E-state index in [1.54, 1.807) is 14.2 Å². The van der Waals surface area contributed by atoms with Crippen molar-refractivity contribution in [3.63, 3.8) is 0 Å². The molecule has 0 saturated heterocycles. The van der Waals surface area contributed by atoms with Crippen LogP contribution in [0.25, 0.3) is 0 Å². The zero-order chi connectivity index (χ0) is 13.3. The molecule has 1 rings (SSSR count). The maximum Gasteiger partial charge on any atom is 0.191 e. The number of benzene rings is 1. The Balaban J connectivity index is 3.32. The topological polar surface area (TPSA) is 18.5 Å². The lowest BCUT2D eigenvalue weighted by Crippen LogP contribution is -2.29. The molecular formula is C14H23BO2. The van der Waals surface area contributed by atoms with E-state index in [0.717, 1.165) is 5.56 Å². The SMILES string of the molecule is Bc1cc(C(C)(C)C)cc(C(C)(OC)OC)c1. The highest BCUT2D eigenvalue weighted by Crippen LogP contribution is 2.29. The Bertz CT molecular complexity index is 390. The first kappa shape index (κ1) is 14.3. The molecule has 17 heavy (non-hydrogen) atoms. The second-order valence-corrected chi connectivity index (χ2v) is 5.69. The lowest BCUT2D eigenvalue weighted by atomic mass is 9.81. The van der Waals surface area contributed by atoms with Crippen LogP contribution < -0.4 is 5.46 Å². The van der Waals surface area contributed by atoms with Gasteiger partial charge in [0, 0.05) is 19.8 Å². The molecule has 0 aliphatic heterocycles. The zero-order valence-corrected chi connectivity index (χ0v) is 12.0. The third-order valence-electron chi connectivity index (χ3n) is 3.25. The zero-order valence-electron chi connectivity index (χ0n) is 12.0. The number of hydrogen-bond donors (Lipinski definition) is 0. The fourth-order valence-corrected chi connectivity index (χ4v) is 1.80. The Hall–Kier alpha value is -0.795. The summed E-state index contributed by atoms with van der Waals surface area (Å²) >= 11 is 0. The summed E-state index contributed by atoms with van der Waals surface area (Å²) in [6, 6.07) is 6.50. The lowest BCUT2D eigenvalue weighted by Gasteiger charge is -2.29. The van der Waals surface area contributed by atoms with E-state index in [0.29, 0.717) is 0 Å². The molecule has 0 heterocycles. The summed E-state index contributed by atoms with van der Waals surface area (Å²) in [5, 5.41) is 0. The predicted molar refractivity (Wildman–Crippen MR) is 74.7 cm³/mol. The van der Waals surface area contributed by atoms with Crippen LogP contribution in [0.4, 0.5) is 0 Å². The molecule has 0 aliphatic carbocycles. The van der Waals surface area contributed by atoms with E-state index in [4.69, 9.17) is 9.47 Å². The number of ether oxygens (including phenoxy) is 2. The van der Waals surface area contributed by atoms with Crippen molar-refractivity contribution in [1.29, 1.82) is 0 Å². The van der Waals surface area contributed by atoms with Gasteiger partial charge in [0.05, 0.1) is 0 Å². The quantitative estimate of drug-likeness (QED) is 0.585. The van der Waals surface area contributed by atoms with Crippen LogP contribution >= 0.6 is 0 Å². The summed E-state index contributed by atoms with van der Waals surface area (Å²) in [7, 11) is 5.44. The molecule has 3 heteroatoms. The van der Waals surface area contributed by atoms with Crippen molar-refractivity contribution in [2.45, 2.75) is 38.9 Å². The molecule has 0 spiro atoms. The molecule has 0 radical (unpaired) electrons. The molecule has 1 aromatic rings. The number of hydrogen-bond acceptors (Lipinski definition) is 2. The van der Waals surface area contributed by atoms with Crippen LogP contribution in [0.5, 0.6) is 0 Å². The van der Waals surface area contributed by atoms with Crippen molar-refractivity contribution in [1.82, 2.24) is 0 Å². The highest BCUT2D eigenvalue weighted by Gasteiger charge is 2.27. The minimum atomic E-state index is -0.675. The monoisotopic (exact) mass is 234 g/mol. The molecular weight excluding hydrogens is 211 g/mol. The van der Waals surface area contributed by atoms with Gasteiger partial charge >= 0.3 is 0 Å². The van der Waals surface area contributed by atoms with Crippen molar-refractivity contribution < 1.29 is 9.47 Å². The average molecular weight is 234 g/mol. The number of methoxy groups -OCH3 is 2. The van der Waals surface area contributed by atoms with E-state index < -0.39 is 5.79 Å². The molecule has 1 aromatic carbocycles. The summed E-state index contributed by atoms with van der Waals surface area (Å²) < 4.78 is 10.9. The largest absolute Gasteiger partial charge is 0.349 e. The van der Waals surface area contributed by atoms with Crippen LogP contribution in [0, 0.1) is 0 Å². The fourth-order valence-electron chi connectivity index (χ4n) is 1.80. The highest BCUT2D eigenvalue weighted by atomic mass is 16.7. The van der Waals surface area contributed by atoms with E-state index >= 15 is 0 Å². The molecule has 0 atom stereocenters. The molecule has 94 valence electrons. The second-order valence-electron chi connectivity index (χ2n) is 5.69. The Morgan fingerprint density at radius 1 is 0.882 bits per heavy atom. The van der Waals surface area contributed by atoms with Crippen LogP contribution in [-0.2, 0) is 20.7 Å². The lowest BCUT2D eigenvalue weighted by molar-refractivity contribution is -0.201. The van der Waals surface area contributed by atoms with Crippen LogP contribution in [0.15, 0.2) is 18.2 Å². The van der Waals surface area contributed by atoms with Crippen molar-refractivity contribution in [3.05, 3.63) is 29.3 Å². The van der Waals surface area contributed by atoms with Gasteiger partial charge < -0.3 is 9.47 Å². The second kappa shape index (κ2) is 4.83. The van der Waals surface area contributed by atoms with Crippen LogP contribution in [-0.4, -0.2) is 22.1 Å². The summed E-state index contributed by atoms with van der Waals surface area (Å²) in [5.41, 5.74) is 3.72. The highest BCUT2D eigenvalue weighted by molar-refractivity contribution is 6.32. The first-order chi connectivity index (χ1) is 7.73. The molecule has 0 aliphatic rings. The van der Waals surface area contributed by atoms with Crippen molar-refractivity contribution >= 4 is 13.3 Å². The minimum Gasteiger partial charge on any atom is -0.349 e. The molecule has 0 saturated carbocycles. The third kappa shape index (κ3) is 3.11. The van der Waals surface area contributed by atoms with Gasteiger partial charge in [0.1, 0.15) is 7.85 Å². The minimum absolute atomic E-state index is 0.128. The predicted octanol–water partition coefficient (Wildman–Crippen LogP) is 1.71. The molecule has 0 unspecified atom stereocenters. The summed E-state index contributed by atoms with van der Waals surface area (Å²) in [6.07, 6.45) is 0. The Labute approximate surface area is 106 Å². The molecule has 0 amide bonds. The van der Waals surface area contributed by atoms with E-state index in [2.05, 4.69) is 46.8 Å². The van der Waals surface area contributed by atoms with Crippen molar-refractivity contribution in [2.24, 2.45) is 0 Å². The molecule has 0 bridgehead atoms. The fraction of sp³-hybridized carbons (Fsp3) is 0.571. The van der Waals surface area contributed by atoms with E-state index in [9.17, 15) is 0 Å². The maximum absolute atomic E-state index is 5.47. The smallest absolute Gasteiger partial charge is 0.191 e.